The lowest BCUT2D eigenvalue weighted by atomic mass is 10.1. The molecule has 0 radical (unpaired) electrons. The van der Waals surface area contributed by atoms with E-state index in [0.29, 0.717) is 5.56 Å². The largest absolute Gasteiger partial charge is 0.416 e. The number of alkyl halides is 3. The summed E-state index contributed by atoms with van der Waals surface area (Å²) in [6.45, 7) is 0. The van der Waals surface area contributed by atoms with Crippen molar-refractivity contribution in [2.24, 2.45) is 0 Å². The molecule has 1 aliphatic heterocycles. The van der Waals surface area contributed by atoms with Gasteiger partial charge in [-0.3, -0.25) is 0 Å². The summed E-state index contributed by atoms with van der Waals surface area (Å²) in [6.07, 6.45) is 3.06. The van der Waals surface area contributed by atoms with Gasteiger partial charge >= 0.3 is 6.18 Å². The van der Waals surface area contributed by atoms with E-state index in [-0.39, 0.29) is 26.0 Å². The van der Waals surface area contributed by atoms with Crippen molar-refractivity contribution in [1.82, 2.24) is 3.53 Å². The topological polar surface area (TPSA) is 12.0 Å². The van der Waals surface area contributed by atoms with Crippen LogP contribution in [-0.2, 0) is 6.18 Å². The summed E-state index contributed by atoms with van der Waals surface area (Å²) >= 11 is 5.62. The van der Waals surface area contributed by atoms with Gasteiger partial charge in [0.15, 0.2) is 0 Å². The number of allylic oxidation sites excluding steroid dienone is 2. The average molecular weight is 386 g/mol. The molecule has 1 aromatic rings. The molecule has 0 spiro atoms. The van der Waals surface area contributed by atoms with Crippen LogP contribution in [0.4, 0.5) is 13.2 Å². The summed E-state index contributed by atoms with van der Waals surface area (Å²) < 4.78 is 41.6. The fraction of sp³-hybridized carbons (Fsp3) is 0.0833. The lowest BCUT2D eigenvalue weighted by Crippen LogP contribution is -2.04. The van der Waals surface area contributed by atoms with Gasteiger partial charge in [0.2, 0.25) is 0 Å². The maximum atomic E-state index is 12.4. The number of hydrogen-bond donors (Lipinski definition) is 1. The third-order valence-electron chi connectivity index (χ3n) is 2.22. The second-order valence-electron chi connectivity index (χ2n) is 3.49. The lowest BCUT2D eigenvalue weighted by molar-refractivity contribution is -0.137. The van der Waals surface area contributed by atoms with Crippen LogP contribution in [0.3, 0.4) is 0 Å². The monoisotopic (exact) mass is 385 g/mol. The highest BCUT2D eigenvalue weighted by Crippen LogP contribution is 2.32. The molecule has 6 heteroatoms. The highest BCUT2D eigenvalue weighted by atomic mass is 127. The molecule has 18 heavy (non-hydrogen) atoms. The predicted molar refractivity (Wildman–Crippen MR) is 76.8 cm³/mol. The molecule has 0 aliphatic carbocycles. The normalized spacial score (nSPS) is 15.4. The Balaban J connectivity index is 2.22. The molecule has 0 amide bonds. The van der Waals surface area contributed by atoms with E-state index in [1.807, 2.05) is 18.4 Å². The molecule has 1 N–H and O–H groups in total. The Hall–Kier alpha value is -0.820. The van der Waals surface area contributed by atoms with E-state index in [0.717, 1.165) is 15.6 Å². The fourth-order valence-corrected chi connectivity index (χ4v) is 3.01. The zero-order valence-electron chi connectivity index (χ0n) is 8.93. The summed E-state index contributed by atoms with van der Waals surface area (Å²) in [6, 6.07) is 3.37. The second-order valence-corrected chi connectivity index (χ2v) is 6.30. The molecule has 0 saturated heterocycles. The molecule has 0 saturated carbocycles. The molecule has 0 bridgehead atoms. The van der Waals surface area contributed by atoms with Crippen molar-refractivity contribution in [2.45, 2.75) is 6.18 Å². The van der Waals surface area contributed by atoms with Crippen LogP contribution in [0.15, 0.2) is 36.6 Å². The highest BCUT2D eigenvalue weighted by molar-refractivity contribution is 14.2. The van der Waals surface area contributed by atoms with E-state index in [2.05, 4.69) is 3.53 Å². The van der Waals surface area contributed by atoms with Crippen molar-refractivity contribution >= 4 is 42.2 Å². The van der Waals surface area contributed by atoms with Gasteiger partial charge in [0, 0.05) is 35.7 Å². The molecule has 1 heterocycles. The van der Waals surface area contributed by atoms with Crippen LogP contribution < -0.4 is 3.53 Å². The first-order valence-corrected chi connectivity index (χ1v) is 7.48. The zero-order chi connectivity index (χ0) is 13.2. The minimum atomic E-state index is -4.36. The SMILES string of the molecule is FC(F)(F)c1ccc(/C=C/C2=INC=C2)c(Cl)c1. The Morgan fingerprint density at radius 1 is 1.22 bits per heavy atom. The number of halogens is 5. The minimum Gasteiger partial charge on any atom is -0.340 e. The quantitative estimate of drug-likeness (QED) is 0.582. The number of nitrogens with one attached hydrogen (secondary N) is 1. The molecular weight excluding hydrogens is 377 g/mol. The van der Waals surface area contributed by atoms with E-state index in [1.54, 1.807) is 6.08 Å². The van der Waals surface area contributed by atoms with Crippen LogP contribution in [0.1, 0.15) is 11.1 Å². The van der Waals surface area contributed by atoms with Crippen LogP contribution in [0.5, 0.6) is 0 Å². The van der Waals surface area contributed by atoms with Gasteiger partial charge in [0.25, 0.3) is 0 Å². The van der Waals surface area contributed by atoms with Crippen LogP contribution in [0.25, 0.3) is 6.08 Å². The summed E-state index contributed by atoms with van der Waals surface area (Å²) in [5.74, 6) is 0. The van der Waals surface area contributed by atoms with Crippen molar-refractivity contribution in [3.8, 4) is 0 Å². The summed E-state index contributed by atoms with van der Waals surface area (Å²) in [5, 5.41) is 0.106. The third-order valence-corrected chi connectivity index (χ3v) is 4.56. The van der Waals surface area contributed by atoms with E-state index in [9.17, 15) is 13.2 Å². The van der Waals surface area contributed by atoms with Gasteiger partial charge in [0.05, 0.1) is 5.56 Å². The maximum absolute atomic E-state index is 12.4. The van der Waals surface area contributed by atoms with Crippen molar-refractivity contribution in [3.63, 3.8) is 0 Å². The predicted octanol–water partition coefficient (Wildman–Crippen LogP) is 4.55. The molecule has 2 rings (SSSR count). The van der Waals surface area contributed by atoms with Gasteiger partial charge in [-0.05, 0) is 29.8 Å². The molecule has 0 aromatic heterocycles. The van der Waals surface area contributed by atoms with Gasteiger partial charge in [-0.25, -0.2) is 0 Å². The van der Waals surface area contributed by atoms with Crippen LogP contribution in [0, 0.1) is 0 Å². The maximum Gasteiger partial charge on any atom is 0.416 e. The molecular formula is C12H8ClF3IN. The molecule has 0 fully saturated rings. The van der Waals surface area contributed by atoms with Crippen molar-refractivity contribution in [3.05, 3.63) is 52.7 Å². The first kappa shape index (κ1) is 13.6. The van der Waals surface area contributed by atoms with Crippen molar-refractivity contribution in [1.29, 1.82) is 0 Å². The van der Waals surface area contributed by atoms with Crippen molar-refractivity contribution < 1.29 is 13.2 Å². The molecule has 0 atom stereocenters. The summed E-state index contributed by atoms with van der Waals surface area (Å²) in [5.41, 5.74) is -0.145. The Morgan fingerprint density at radius 2 is 2.00 bits per heavy atom. The van der Waals surface area contributed by atoms with Gasteiger partial charge in [-0.1, -0.05) is 23.7 Å². The van der Waals surface area contributed by atoms with E-state index in [4.69, 9.17) is 11.6 Å². The first-order valence-electron chi connectivity index (χ1n) is 4.94. The summed E-state index contributed by atoms with van der Waals surface area (Å²) in [4.78, 5) is 0. The molecule has 1 aromatic carbocycles. The van der Waals surface area contributed by atoms with E-state index >= 15 is 0 Å². The Kier molecular flexibility index (Phi) is 4.11. The van der Waals surface area contributed by atoms with Gasteiger partial charge in [0.1, 0.15) is 0 Å². The van der Waals surface area contributed by atoms with Crippen LogP contribution >= 0.6 is 32.6 Å². The summed E-state index contributed by atoms with van der Waals surface area (Å²) in [7, 11) is 0. The molecule has 0 unspecified atom stereocenters. The first-order chi connectivity index (χ1) is 8.47. The average Bonchev–Trinajstić information content (AvgIpc) is 2.79. The van der Waals surface area contributed by atoms with Gasteiger partial charge in [-0.2, -0.15) is 13.2 Å². The van der Waals surface area contributed by atoms with E-state index in [1.165, 1.54) is 6.07 Å². The molecule has 96 valence electrons. The van der Waals surface area contributed by atoms with Gasteiger partial charge < -0.3 is 3.53 Å². The van der Waals surface area contributed by atoms with Crippen LogP contribution in [0.2, 0.25) is 5.02 Å². The standard InChI is InChI=1S/C12H8ClF3IN/c13-11-7-9(12(14,15)16)3-1-8(11)2-4-10-5-6-18-17-10/h1-7,18H/b4-2+. The smallest absolute Gasteiger partial charge is 0.340 e. The zero-order valence-corrected chi connectivity index (χ0v) is 11.8. The highest BCUT2D eigenvalue weighted by Gasteiger charge is 2.30. The van der Waals surface area contributed by atoms with E-state index < -0.39 is 11.7 Å². The molecule has 1 nitrogen and oxygen atoms in total. The number of hydrogen-bond acceptors (Lipinski definition) is 1. The molecule has 1 aliphatic rings. The number of rotatable bonds is 2. The number of benzene rings is 1. The Morgan fingerprint density at radius 3 is 2.56 bits per heavy atom. The third kappa shape index (κ3) is 3.35. The Bertz CT molecular complexity index is 547. The fourth-order valence-electron chi connectivity index (χ4n) is 1.33. The van der Waals surface area contributed by atoms with Crippen molar-refractivity contribution in [2.75, 3.05) is 0 Å². The lowest BCUT2D eigenvalue weighted by Gasteiger charge is -2.07. The van der Waals surface area contributed by atoms with Crippen LogP contribution in [-0.4, -0.2) is 3.51 Å². The Labute approximate surface area is 117 Å². The van der Waals surface area contributed by atoms with Gasteiger partial charge in [-0.15, -0.1) is 0 Å². The second kappa shape index (κ2) is 5.44. The minimum absolute atomic E-state index is 0.106.